The van der Waals surface area contributed by atoms with Crippen LogP contribution in [0.15, 0.2) is 23.1 Å². The standard InChI is InChI=1S/C12H14FN3O2S/c13-12-4-3-11(6-9(12)7-14)19(17,18)16-10-2-1-5-15-8-10/h3-4,6,10,15-16H,1-2,5,8H2/t10-/m1/s1. The number of hydrogen-bond donors (Lipinski definition) is 2. The second-order valence-corrected chi connectivity index (χ2v) is 6.13. The second-order valence-electron chi connectivity index (χ2n) is 4.42. The molecule has 0 saturated carbocycles. The molecule has 1 heterocycles. The Balaban J connectivity index is 2.21. The van der Waals surface area contributed by atoms with Crippen LogP contribution in [-0.4, -0.2) is 27.5 Å². The first-order valence-corrected chi connectivity index (χ1v) is 7.44. The minimum Gasteiger partial charge on any atom is -0.315 e. The second kappa shape index (κ2) is 5.65. The van der Waals surface area contributed by atoms with Gasteiger partial charge in [-0.2, -0.15) is 5.26 Å². The van der Waals surface area contributed by atoms with Crippen molar-refractivity contribution in [2.75, 3.05) is 13.1 Å². The van der Waals surface area contributed by atoms with E-state index in [1.807, 2.05) is 0 Å². The number of benzene rings is 1. The highest BCUT2D eigenvalue weighted by Gasteiger charge is 2.22. The summed E-state index contributed by atoms with van der Waals surface area (Å²) in [5, 5.41) is 11.8. The lowest BCUT2D eigenvalue weighted by atomic mass is 10.1. The fourth-order valence-electron chi connectivity index (χ4n) is 2.00. The van der Waals surface area contributed by atoms with Crippen LogP contribution < -0.4 is 10.0 Å². The van der Waals surface area contributed by atoms with Crippen LogP contribution in [0.5, 0.6) is 0 Å². The van der Waals surface area contributed by atoms with Gasteiger partial charge in [-0.15, -0.1) is 0 Å². The molecule has 19 heavy (non-hydrogen) atoms. The van der Waals surface area contributed by atoms with E-state index in [0.29, 0.717) is 6.54 Å². The molecule has 1 aliphatic heterocycles. The van der Waals surface area contributed by atoms with Gasteiger partial charge < -0.3 is 5.32 Å². The lowest BCUT2D eigenvalue weighted by molar-refractivity contribution is 0.428. The van der Waals surface area contributed by atoms with Crippen LogP contribution in [0.2, 0.25) is 0 Å². The van der Waals surface area contributed by atoms with Gasteiger partial charge in [-0.05, 0) is 37.6 Å². The lowest BCUT2D eigenvalue weighted by Gasteiger charge is -2.23. The predicted octanol–water partition coefficient (Wildman–Crippen LogP) is 0.728. The van der Waals surface area contributed by atoms with Gasteiger partial charge in [0.2, 0.25) is 10.0 Å². The van der Waals surface area contributed by atoms with Gasteiger partial charge in [0, 0.05) is 12.6 Å². The first-order chi connectivity index (χ1) is 9.03. The molecule has 1 aromatic carbocycles. The van der Waals surface area contributed by atoms with Crippen molar-refractivity contribution < 1.29 is 12.8 Å². The van der Waals surface area contributed by atoms with E-state index in [-0.39, 0.29) is 16.5 Å². The number of piperidine rings is 1. The van der Waals surface area contributed by atoms with Crippen LogP contribution in [0.1, 0.15) is 18.4 Å². The summed E-state index contributed by atoms with van der Waals surface area (Å²) in [6.07, 6.45) is 1.67. The normalized spacial score (nSPS) is 19.9. The molecule has 7 heteroatoms. The zero-order chi connectivity index (χ0) is 13.9. The molecule has 2 N–H and O–H groups in total. The number of nitrogens with one attached hydrogen (secondary N) is 2. The minimum absolute atomic E-state index is 0.0870. The van der Waals surface area contributed by atoms with Crippen molar-refractivity contribution in [3.8, 4) is 6.07 Å². The van der Waals surface area contributed by atoms with Gasteiger partial charge >= 0.3 is 0 Å². The van der Waals surface area contributed by atoms with Gasteiger partial charge in [0.25, 0.3) is 0 Å². The molecule has 1 aliphatic rings. The van der Waals surface area contributed by atoms with Gasteiger partial charge in [0.05, 0.1) is 10.5 Å². The van der Waals surface area contributed by atoms with E-state index in [4.69, 9.17) is 5.26 Å². The Bertz CT molecular complexity index is 604. The van der Waals surface area contributed by atoms with Gasteiger partial charge in [-0.25, -0.2) is 17.5 Å². The summed E-state index contributed by atoms with van der Waals surface area (Å²) >= 11 is 0. The molecule has 0 spiro atoms. The first kappa shape index (κ1) is 13.9. The number of hydrogen-bond acceptors (Lipinski definition) is 4. The summed E-state index contributed by atoms with van der Waals surface area (Å²) in [5.74, 6) is -0.721. The Morgan fingerprint density at radius 3 is 2.89 bits per heavy atom. The van der Waals surface area contributed by atoms with Gasteiger partial charge in [0.15, 0.2) is 0 Å². The minimum atomic E-state index is -3.72. The van der Waals surface area contributed by atoms with Crippen molar-refractivity contribution in [1.82, 2.24) is 10.0 Å². The largest absolute Gasteiger partial charge is 0.315 e. The molecule has 0 aliphatic carbocycles. The predicted molar refractivity (Wildman–Crippen MR) is 67.3 cm³/mol. The quantitative estimate of drug-likeness (QED) is 0.856. The van der Waals surface area contributed by atoms with Crippen LogP contribution in [0, 0.1) is 17.1 Å². The molecule has 0 amide bonds. The summed E-state index contributed by atoms with van der Waals surface area (Å²) in [7, 11) is -3.72. The van der Waals surface area contributed by atoms with E-state index < -0.39 is 15.8 Å². The fraction of sp³-hybridized carbons (Fsp3) is 0.417. The molecule has 0 unspecified atom stereocenters. The maximum atomic E-state index is 13.2. The molecule has 1 fully saturated rings. The van der Waals surface area contributed by atoms with Crippen molar-refractivity contribution >= 4 is 10.0 Å². The van der Waals surface area contributed by atoms with Crippen molar-refractivity contribution in [3.05, 3.63) is 29.6 Å². The number of sulfonamides is 1. The topological polar surface area (TPSA) is 82.0 Å². The summed E-state index contributed by atoms with van der Waals surface area (Å²) in [4.78, 5) is -0.0870. The van der Waals surface area contributed by atoms with E-state index in [9.17, 15) is 12.8 Å². The van der Waals surface area contributed by atoms with Gasteiger partial charge in [-0.1, -0.05) is 0 Å². The molecule has 5 nitrogen and oxygen atoms in total. The Labute approximate surface area is 111 Å². The Kier molecular flexibility index (Phi) is 4.14. The smallest absolute Gasteiger partial charge is 0.240 e. The van der Waals surface area contributed by atoms with Crippen molar-refractivity contribution in [1.29, 1.82) is 5.26 Å². The molecule has 0 radical (unpaired) electrons. The number of halogens is 1. The van der Waals surface area contributed by atoms with E-state index >= 15 is 0 Å². The zero-order valence-corrected chi connectivity index (χ0v) is 11.0. The zero-order valence-electron chi connectivity index (χ0n) is 10.2. The third kappa shape index (κ3) is 3.29. The molecular weight excluding hydrogens is 269 g/mol. The Morgan fingerprint density at radius 2 is 2.26 bits per heavy atom. The van der Waals surface area contributed by atoms with E-state index in [0.717, 1.165) is 37.6 Å². The number of nitriles is 1. The van der Waals surface area contributed by atoms with Crippen molar-refractivity contribution in [2.24, 2.45) is 0 Å². The fourth-order valence-corrected chi connectivity index (χ4v) is 3.29. The van der Waals surface area contributed by atoms with Crippen molar-refractivity contribution in [3.63, 3.8) is 0 Å². The van der Waals surface area contributed by atoms with Crippen LogP contribution >= 0.6 is 0 Å². The first-order valence-electron chi connectivity index (χ1n) is 5.95. The van der Waals surface area contributed by atoms with E-state index in [1.165, 1.54) is 0 Å². The van der Waals surface area contributed by atoms with Gasteiger partial charge in [-0.3, -0.25) is 0 Å². The average Bonchev–Trinajstić information content (AvgIpc) is 2.39. The number of rotatable bonds is 3. The molecule has 102 valence electrons. The molecule has 1 atom stereocenters. The summed E-state index contributed by atoms with van der Waals surface area (Å²) < 4.78 is 39.9. The maximum Gasteiger partial charge on any atom is 0.240 e. The van der Waals surface area contributed by atoms with Crippen LogP contribution in [-0.2, 0) is 10.0 Å². The SMILES string of the molecule is N#Cc1cc(S(=O)(=O)N[C@@H]2CCCNC2)ccc1F. The number of nitrogens with zero attached hydrogens (tertiary/aromatic N) is 1. The highest BCUT2D eigenvalue weighted by Crippen LogP contribution is 2.15. The molecular formula is C12H14FN3O2S. The average molecular weight is 283 g/mol. The van der Waals surface area contributed by atoms with E-state index in [1.54, 1.807) is 6.07 Å². The van der Waals surface area contributed by atoms with Crippen molar-refractivity contribution in [2.45, 2.75) is 23.8 Å². The monoisotopic (exact) mass is 283 g/mol. The Hall–Kier alpha value is -1.49. The molecule has 1 aromatic rings. The summed E-state index contributed by atoms with van der Waals surface area (Å²) in [6.45, 7) is 1.46. The van der Waals surface area contributed by atoms with Gasteiger partial charge in [0.1, 0.15) is 11.9 Å². The van der Waals surface area contributed by atoms with Crippen LogP contribution in [0.3, 0.4) is 0 Å². The molecule has 2 rings (SSSR count). The third-order valence-corrected chi connectivity index (χ3v) is 4.51. The lowest BCUT2D eigenvalue weighted by Crippen LogP contribution is -2.45. The Morgan fingerprint density at radius 1 is 1.47 bits per heavy atom. The summed E-state index contributed by atoms with van der Waals surface area (Å²) in [5.41, 5.74) is -0.273. The highest BCUT2D eigenvalue weighted by molar-refractivity contribution is 7.89. The molecule has 1 saturated heterocycles. The summed E-state index contributed by atoms with van der Waals surface area (Å²) in [6, 6.07) is 4.66. The van der Waals surface area contributed by atoms with E-state index in [2.05, 4.69) is 10.0 Å². The van der Waals surface area contributed by atoms with Crippen LogP contribution in [0.25, 0.3) is 0 Å². The highest BCUT2D eigenvalue weighted by atomic mass is 32.2. The maximum absolute atomic E-state index is 13.2. The molecule has 0 aromatic heterocycles. The molecule has 0 bridgehead atoms. The third-order valence-electron chi connectivity index (χ3n) is 2.99. The van der Waals surface area contributed by atoms with Crippen LogP contribution in [0.4, 0.5) is 4.39 Å².